The van der Waals surface area contributed by atoms with Gasteiger partial charge in [0.05, 0.1) is 87.0 Å². The van der Waals surface area contributed by atoms with E-state index in [0.717, 1.165) is 52.4 Å². The average Bonchev–Trinajstić information content (AvgIpc) is 4.09. The van der Waals surface area contributed by atoms with Crippen LogP contribution in [0.5, 0.6) is 11.5 Å². The van der Waals surface area contributed by atoms with Gasteiger partial charge in [0.2, 0.25) is 5.91 Å². The molecule has 0 radical (unpaired) electrons. The molecule has 0 bridgehead atoms. The van der Waals surface area contributed by atoms with Crippen molar-refractivity contribution in [3.8, 4) is 11.5 Å². The number of nitrogens with zero attached hydrogens (tertiary/aromatic N) is 6. The number of hydrogen-bond donors (Lipinski definition) is 2. The zero-order chi connectivity index (χ0) is 56.3. The van der Waals surface area contributed by atoms with Crippen LogP contribution in [0, 0.1) is 11.6 Å². The van der Waals surface area contributed by atoms with Gasteiger partial charge in [-0.25, -0.2) is 18.4 Å². The van der Waals surface area contributed by atoms with Gasteiger partial charge in [0, 0.05) is 69.9 Å². The molecular formula is C52H64F2N8O7P2S7. The summed E-state index contributed by atoms with van der Waals surface area (Å²) >= 11 is 31.0. The third-order valence-corrected chi connectivity index (χ3v) is 45.6. The van der Waals surface area contributed by atoms with E-state index in [2.05, 4.69) is 39.8 Å². The van der Waals surface area contributed by atoms with Crippen LogP contribution in [0.1, 0.15) is 40.5 Å². The highest BCUT2D eigenvalue weighted by Crippen LogP contribution is 3.04. The number of methoxy groups -OCH3 is 2. The standard InChI is InChI=1S/C19H25FN4O3S.C19H25FN4O2S2.C14H14O2P2S4/c1-3-18(28)21-11-15-12-24(19(26)27-15)14-4-5-17(16(20)10-14)23-8-6-22(7-9-23)13(2)25;1-3-18(28)21-11-15-12-24(19(25)26-15)14-4-5-17(16(20)10-14)23-8-6-22(7-9-23)13(2)27;1-15-11-3-7-13(8-4-11)17(19)21-18(20,22-17)14-9-5-12(16-2)6-10-14/h2*4-5,10,15H,3,6-9,11-12H2,1-2H3,(H,21,28);3-10H,1-2H3/t2*15-;/m00./s1. The topological polar surface area (TPSA) is 132 Å². The lowest BCUT2D eigenvalue weighted by molar-refractivity contribution is -0.129. The van der Waals surface area contributed by atoms with E-state index in [0.29, 0.717) is 88.2 Å². The van der Waals surface area contributed by atoms with Crippen LogP contribution in [-0.2, 0) is 37.9 Å². The third-order valence-electron chi connectivity index (χ3n) is 13.3. The van der Waals surface area contributed by atoms with Gasteiger partial charge in [0.15, 0.2) is 0 Å². The first-order chi connectivity index (χ1) is 37.3. The summed E-state index contributed by atoms with van der Waals surface area (Å²) in [5.74, 6) is 1.01. The SMILES string of the molecule is CCC(=S)NC[C@H]1CN(c2ccc(N3CCN(C(C)=O)CC3)c(F)c2)C(=O)O1.CCC(=S)NC[C@H]1CN(c2ccc(N3CCN(C(C)=S)CC3)c(F)c2)C(=O)O1.COc1ccc(P2(=S)SP(=S)(c3ccc(OC)cc3)S2)cc1. The normalized spacial score (nSPS) is 21.7. The fourth-order valence-electron chi connectivity index (χ4n) is 8.75. The Labute approximate surface area is 489 Å². The molecule has 5 heterocycles. The van der Waals surface area contributed by atoms with Crippen molar-refractivity contribution >= 4 is 158 Å². The molecule has 5 aliphatic heterocycles. The van der Waals surface area contributed by atoms with E-state index in [1.54, 1.807) is 50.3 Å². The number of anilines is 4. The summed E-state index contributed by atoms with van der Waals surface area (Å²) in [4.78, 5) is 48.8. The highest BCUT2D eigenvalue weighted by atomic mass is 33.7. The Morgan fingerprint density at radius 3 is 1.31 bits per heavy atom. The number of carbonyl (C=O) groups excluding carboxylic acids is 3. The molecular weight excluding hydrogens is 1170 g/mol. The fourth-order valence-corrected chi connectivity index (χ4v) is 51.4. The molecule has 2 N–H and O–H groups in total. The van der Waals surface area contributed by atoms with E-state index in [4.69, 9.17) is 79.2 Å². The number of amides is 3. The van der Waals surface area contributed by atoms with Gasteiger partial charge in [-0.1, -0.05) is 96.1 Å². The molecule has 4 aromatic rings. The highest BCUT2D eigenvalue weighted by Gasteiger charge is 2.46. The smallest absolute Gasteiger partial charge is 0.414 e. The number of piperazine rings is 2. The number of benzene rings is 4. The first kappa shape index (κ1) is 61.2. The van der Waals surface area contributed by atoms with E-state index in [-0.39, 0.29) is 23.9 Å². The summed E-state index contributed by atoms with van der Waals surface area (Å²) < 4.78 is 47.3. The van der Waals surface area contributed by atoms with Crippen LogP contribution in [0.15, 0.2) is 84.9 Å². The number of rotatable bonds is 14. The van der Waals surface area contributed by atoms with Crippen molar-refractivity contribution in [1.29, 1.82) is 0 Å². The molecule has 78 heavy (non-hydrogen) atoms. The maximum atomic E-state index is 14.8. The van der Waals surface area contributed by atoms with Crippen LogP contribution in [0.2, 0.25) is 0 Å². The Morgan fingerprint density at radius 1 is 0.615 bits per heavy atom. The molecule has 5 fully saturated rings. The van der Waals surface area contributed by atoms with E-state index < -0.39 is 26.9 Å². The maximum absolute atomic E-state index is 14.8. The minimum Gasteiger partial charge on any atom is -0.497 e. The molecule has 9 rings (SSSR count). The Balaban J connectivity index is 0.000000171. The highest BCUT2D eigenvalue weighted by molar-refractivity contribution is 9.48. The molecule has 0 saturated carbocycles. The molecule has 0 aromatic heterocycles. The van der Waals surface area contributed by atoms with Crippen molar-refractivity contribution in [2.24, 2.45) is 0 Å². The van der Waals surface area contributed by atoms with E-state index in [1.807, 2.05) is 76.8 Å². The van der Waals surface area contributed by atoms with Gasteiger partial charge < -0.3 is 49.2 Å². The van der Waals surface area contributed by atoms with Crippen molar-refractivity contribution in [2.45, 2.75) is 52.7 Å². The minimum atomic E-state index is -1.66. The van der Waals surface area contributed by atoms with Gasteiger partial charge in [-0.15, -0.1) is 0 Å². The Kier molecular flexibility index (Phi) is 21.9. The molecule has 0 aliphatic carbocycles. The van der Waals surface area contributed by atoms with E-state index >= 15 is 0 Å². The molecule has 3 amide bonds. The summed E-state index contributed by atoms with van der Waals surface area (Å²) in [5, 5.41) is 8.57. The van der Waals surface area contributed by atoms with Gasteiger partial charge in [0.1, 0.15) is 35.3 Å². The van der Waals surface area contributed by atoms with Gasteiger partial charge in [-0.3, -0.25) is 14.6 Å². The lowest BCUT2D eigenvalue weighted by atomic mass is 10.2. The summed E-state index contributed by atoms with van der Waals surface area (Å²) in [6, 6.07) is 25.9. The average molecular weight is 1240 g/mol. The Hall–Kier alpha value is -4.38. The first-order valence-electron chi connectivity index (χ1n) is 25.3. The molecule has 26 heteroatoms. The molecule has 0 unspecified atom stereocenters. The van der Waals surface area contributed by atoms with Crippen LogP contribution in [-0.4, -0.2) is 148 Å². The molecule has 15 nitrogen and oxygen atoms in total. The van der Waals surface area contributed by atoms with Gasteiger partial charge in [-0.2, -0.15) is 0 Å². The monoisotopic (exact) mass is 1240 g/mol. The quantitative estimate of drug-likeness (QED) is 0.0916. The minimum absolute atomic E-state index is 0.0340. The summed E-state index contributed by atoms with van der Waals surface area (Å²) in [7, 11) is 3.34. The number of thiocarbonyl (C=S) groups is 3. The Bertz CT molecular complexity index is 2730. The largest absolute Gasteiger partial charge is 0.497 e. The predicted molar refractivity (Wildman–Crippen MR) is 335 cm³/mol. The lowest BCUT2D eigenvalue weighted by Gasteiger charge is -2.40. The van der Waals surface area contributed by atoms with Crippen LogP contribution < -0.4 is 50.3 Å². The summed E-state index contributed by atoms with van der Waals surface area (Å²) in [5.41, 5.74) is 1.99. The predicted octanol–water partition coefficient (Wildman–Crippen LogP) is 9.85. The number of hydrogen-bond acceptors (Lipinski definition) is 16. The number of ether oxygens (including phenoxy) is 4. The van der Waals surface area contributed by atoms with Gasteiger partial charge in [-0.05, 0) is 105 Å². The number of cyclic esters (lactones) is 2. The first-order valence-corrected chi connectivity index (χ1v) is 36.2. The van der Waals surface area contributed by atoms with Gasteiger partial charge in [0.25, 0.3) is 0 Å². The Morgan fingerprint density at radius 2 is 0.987 bits per heavy atom. The molecule has 5 aliphatic rings. The second-order valence-electron chi connectivity index (χ2n) is 18.4. The number of halogens is 2. The summed E-state index contributed by atoms with van der Waals surface area (Å²) in [6.07, 6.45) is -0.134. The lowest BCUT2D eigenvalue weighted by Crippen LogP contribution is -2.48. The zero-order valence-corrected chi connectivity index (χ0v) is 51.7. The van der Waals surface area contributed by atoms with Crippen molar-refractivity contribution in [3.63, 3.8) is 0 Å². The maximum Gasteiger partial charge on any atom is 0.414 e. The number of carbonyl (C=O) groups is 3. The van der Waals surface area contributed by atoms with Crippen LogP contribution in [0.3, 0.4) is 0 Å². The molecule has 2 atom stereocenters. The van der Waals surface area contributed by atoms with Crippen molar-refractivity contribution in [1.82, 2.24) is 20.4 Å². The molecule has 5 saturated heterocycles. The summed E-state index contributed by atoms with van der Waals surface area (Å²) in [6.45, 7) is 14.2. The molecule has 0 spiro atoms. The van der Waals surface area contributed by atoms with Crippen molar-refractivity contribution in [3.05, 3.63) is 96.6 Å². The number of nitrogens with one attached hydrogen (secondary N) is 2. The van der Waals surface area contributed by atoms with Crippen LogP contribution in [0.25, 0.3) is 0 Å². The second-order valence-corrected chi connectivity index (χ2v) is 41.2. The molecule has 420 valence electrons. The van der Waals surface area contributed by atoms with E-state index in [1.165, 1.54) is 32.5 Å². The van der Waals surface area contributed by atoms with Crippen molar-refractivity contribution in [2.75, 3.05) is 112 Å². The zero-order valence-electron chi connectivity index (χ0n) is 44.2. The van der Waals surface area contributed by atoms with Crippen molar-refractivity contribution < 1.29 is 42.1 Å². The van der Waals surface area contributed by atoms with E-state index in [9.17, 15) is 23.2 Å². The third kappa shape index (κ3) is 15.5. The fraction of sp³-hybridized carbons (Fsp3) is 0.423. The van der Waals surface area contributed by atoms with Crippen LogP contribution >= 0.6 is 67.5 Å². The van der Waals surface area contributed by atoms with Crippen LogP contribution in [0.4, 0.5) is 41.1 Å². The van der Waals surface area contributed by atoms with Gasteiger partial charge >= 0.3 is 12.2 Å². The molecule has 4 aromatic carbocycles. The second kappa shape index (κ2) is 27.9.